The highest BCUT2D eigenvalue weighted by Crippen LogP contribution is 2.28. The Bertz CT molecular complexity index is 1240. The van der Waals surface area contributed by atoms with Crippen LogP contribution in [0.15, 0.2) is 78.4 Å². The van der Waals surface area contributed by atoms with Crippen molar-refractivity contribution < 1.29 is 14.5 Å². The predicted octanol–water partition coefficient (Wildman–Crippen LogP) is 4.80. The molecule has 3 aromatic rings. The third kappa shape index (κ3) is 5.31. The second kappa shape index (κ2) is 9.50. The number of rotatable bonds is 6. The quantitative estimate of drug-likeness (QED) is 0.269. The fourth-order valence-corrected chi connectivity index (χ4v) is 2.60. The van der Waals surface area contributed by atoms with Gasteiger partial charge in [0.1, 0.15) is 34.8 Å². The third-order valence-electron chi connectivity index (χ3n) is 4.11. The summed E-state index contributed by atoms with van der Waals surface area (Å²) >= 11 is 0. The lowest BCUT2D eigenvalue weighted by atomic mass is 10.1. The van der Waals surface area contributed by atoms with Gasteiger partial charge in [-0.1, -0.05) is 30.3 Å². The summed E-state index contributed by atoms with van der Waals surface area (Å²) in [5.74, 6) is 0.0321. The molecule has 0 spiro atoms. The van der Waals surface area contributed by atoms with Crippen LogP contribution in [-0.2, 0) is 4.79 Å². The van der Waals surface area contributed by atoms with Crippen molar-refractivity contribution in [2.45, 2.75) is 0 Å². The lowest BCUT2D eigenvalue weighted by Gasteiger charge is -2.08. The van der Waals surface area contributed by atoms with E-state index in [4.69, 9.17) is 4.74 Å². The molecule has 3 aromatic carbocycles. The van der Waals surface area contributed by atoms with Crippen molar-refractivity contribution in [1.82, 2.24) is 0 Å². The van der Waals surface area contributed by atoms with E-state index in [-0.39, 0.29) is 22.6 Å². The molecule has 1 amide bonds. The molecule has 0 fully saturated rings. The van der Waals surface area contributed by atoms with Crippen LogP contribution in [0.1, 0.15) is 11.1 Å². The molecule has 3 rings (SSSR count). The summed E-state index contributed by atoms with van der Waals surface area (Å²) in [4.78, 5) is 22.5. The Labute approximate surface area is 177 Å². The number of ether oxygens (including phenoxy) is 1. The largest absolute Gasteiger partial charge is 0.456 e. The summed E-state index contributed by atoms with van der Waals surface area (Å²) in [5.41, 5.74) is 0.925. The average molecular weight is 410 g/mol. The highest BCUT2D eigenvalue weighted by molar-refractivity contribution is 6.09. The van der Waals surface area contributed by atoms with E-state index in [1.165, 1.54) is 18.2 Å². The standard InChI is InChI=1S/C23H14N4O4/c24-14-17-13-20(27(29)30)8-11-22(17)31-21-9-6-16(7-10-21)12-18(15-25)23(28)26-19-4-2-1-3-5-19/h1-13H,(H,26,28)/b18-12+. The minimum atomic E-state index is -0.591. The van der Waals surface area contributed by atoms with Crippen LogP contribution in [-0.4, -0.2) is 10.8 Å². The number of nitro groups is 1. The SMILES string of the molecule is N#C/C(=C\c1ccc(Oc2ccc([N+](=O)[O-])cc2C#N)cc1)C(=O)Nc1ccccc1. The van der Waals surface area contributed by atoms with Crippen LogP contribution >= 0.6 is 0 Å². The summed E-state index contributed by atoms with van der Waals surface area (Å²) in [5, 5.41) is 32.0. The van der Waals surface area contributed by atoms with Gasteiger partial charge in [-0.2, -0.15) is 10.5 Å². The van der Waals surface area contributed by atoms with Crippen LogP contribution in [0.2, 0.25) is 0 Å². The normalized spacial score (nSPS) is 10.5. The molecule has 0 radical (unpaired) electrons. The maximum absolute atomic E-state index is 12.3. The summed E-state index contributed by atoms with van der Waals surface area (Å²) in [6.45, 7) is 0. The van der Waals surface area contributed by atoms with Gasteiger partial charge in [0, 0.05) is 17.8 Å². The zero-order chi connectivity index (χ0) is 22.2. The summed E-state index contributed by atoms with van der Waals surface area (Å²) in [6, 6.07) is 22.7. The van der Waals surface area contributed by atoms with E-state index in [0.29, 0.717) is 17.0 Å². The van der Waals surface area contributed by atoms with E-state index >= 15 is 0 Å². The predicted molar refractivity (Wildman–Crippen MR) is 113 cm³/mol. The third-order valence-corrected chi connectivity index (χ3v) is 4.11. The Morgan fingerprint density at radius 1 is 1.03 bits per heavy atom. The Balaban J connectivity index is 1.75. The van der Waals surface area contributed by atoms with E-state index in [1.807, 2.05) is 18.2 Å². The number of carbonyl (C=O) groups is 1. The zero-order valence-electron chi connectivity index (χ0n) is 16.0. The molecule has 8 nitrogen and oxygen atoms in total. The van der Waals surface area contributed by atoms with Crippen LogP contribution in [0.3, 0.4) is 0 Å². The van der Waals surface area contributed by atoms with Crippen molar-refractivity contribution in [2.75, 3.05) is 5.32 Å². The number of nitriles is 2. The number of anilines is 1. The highest BCUT2D eigenvalue weighted by atomic mass is 16.6. The summed E-state index contributed by atoms with van der Waals surface area (Å²) < 4.78 is 5.64. The van der Waals surface area contributed by atoms with Gasteiger partial charge in [-0.15, -0.1) is 0 Å². The van der Waals surface area contributed by atoms with Crippen molar-refractivity contribution in [1.29, 1.82) is 10.5 Å². The number of para-hydroxylation sites is 1. The van der Waals surface area contributed by atoms with Gasteiger partial charge in [0.2, 0.25) is 0 Å². The van der Waals surface area contributed by atoms with Crippen molar-refractivity contribution in [3.63, 3.8) is 0 Å². The van der Waals surface area contributed by atoms with Crippen LogP contribution in [0.25, 0.3) is 6.08 Å². The molecule has 0 aliphatic rings. The fourth-order valence-electron chi connectivity index (χ4n) is 2.60. The number of carbonyl (C=O) groups excluding carboxylic acids is 1. The molecule has 0 unspecified atom stereocenters. The number of hydrogen-bond acceptors (Lipinski definition) is 6. The van der Waals surface area contributed by atoms with Crippen LogP contribution in [0.4, 0.5) is 11.4 Å². The molecule has 0 bridgehead atoms. The first-order valence-electron chi connectivity index (χ1n) is 8.95. The number of benzene rings is 3. The van der Waals surface area contributed by atoms with Crippen LogP contribution in [0, 0.1) is 32.8 Å². The molecule has 150 valence electrons. The average Bonchev–Trinajstić information content (AvgIpc) is 2.79. The summed E-state index contributed by atoms with van der Waals surface area (Å²) in [7, 11) is 0. The lowest BCUT2D eigenvalue weighted by molar-refractivity contribution is -0.384. The number of nitro benzene ring substituents is 1. The van der Waals surface area contributed by atoms with Crippen LogP contribution in [0.5, 0.6) is 11.5 Å². The second-order valence-electron chi connectivity index (χ2n) is 6.21. The maximum Gasteiger partial charge on any atom is 0.271 e. The molecule has 0 saturated heterocycles. The second-order valence-corrected chi connectivity index (χ2v) is 6.21. The van der Waals surface area contributed by atoms with Crippen molar-refractivity contribution in [2.24, 2.45) is 0 Å². The molecule has 0 aliphatic heterocycles. The lowest BCUT2D eigenvalue weighted by Crippen LogP contribution is -2.13. The Morgan fingerprint density at radius 2 is 1.74 bits per heavy atom. The molecule has 0 heterocycles. The Kier molecular flexibility index (Phi) is 6.37. The van der Waals surface area contributed by atoms with Gasteiger partial charge in [-0.25, -0.2) is 0 Å². The van der Waals surface area contributed by atoms with Gasteiger partial charge in [0.25, 0.3) is 11.6 Å². The van der Waals surface area contributed by atoms with Crippen LogP contribution < -0.4 is 10.1 Å². The monoisotopic (exact) mass is 410 g/mol. The van der Waals surface area contributed by atoms with E-state index in [9.17, 15) is 25.4 Å². The van der Waals surface area contributed by atoms with Gasteiger partial charge >= 0.3 is 0 Å². The van der Waals surface area contributed by atoms with Crippen molar-refractivity contribution in [3.05, 3.63) is 99.6 Å². The molecular weight excluding hydrogens is 396 g/mol. The van der Waals surface area contributed by atoms with Gasteiger partial charge in [-0.3, -0.25) is 14.9 Å². The highest BCUT2D eigenvalue weighted by Gasteiger charge is 2.13. The van der Waals surface area contributed by atoms with Gasteiger partial charge in [-0.05, 0) is 42.0 Å². The molecule has 0 saturated carbocycles. The summed E-state index contributed by atoms with van der Waals surface area (Å²) in [6.07, 6.45) is 1.44. The molecule has 1 N–H and O–H groups in total. The molecule has 0 aliphatic carbocycles. The first-order valence-corrected chi connectivity index (χ1v) is 8.95. The van der Waals surface area contributed by atoms with E-state index in [2.05, 4.69) is 5.32 Å². The number of non-ortho nitro benzene ring substituents is 1. The van der Waals surface area contributed by atoms with Gasteiger partial charge < -0.3 is 10.1 Å². The Morgan fingerprint density at radius 3 is 2.35 bits per heavy atom. The topological polar surface area (TPSA) is 129 Å². The molecule has 31 heavy (non-hydrogen) atoms. The molecule has 0 aromatic heterocycles. The number of nitrogens with one attached hydrogen (secondary N) is 1. The van der Waals surface area contributed by atoms with Gasteiger partial charge in [0.15, 0.2) is 0 Å². The minimum absolute atomic E-state index is 0.0301. The van der Waals surface area contributed by atoms with Crippen molar-refractivity contribution >= 4 is 23.4 Å². The minimum Gasteiger partial charge on any atom is -0.456 e. The molecule has 8 heteroatoms. The zero-order valence-corrected chi connectivity index (χ0v) is 16.0. The maximum atomic E-state index is 12.3. The van der Waals surface area contributed by atoms with Gasteiger partial charge in [0.05, 0.1) is 4.92 Å². The number of nitrogens with zero attached hydrogens (tertiary/aromatic N) is 3. The van der Waals surface area contributed by atoms with E-state index in [1.54, 1.807) is 48.5 Å². The first-order chi connectivity index (χ1) is 15.0. The fraction of sp³-hybridized carbons (Fsp3) is 0. The Hall–Kier alpha value is -4.95. The molecular formula is C23H14N4O4. The van der Waals surface area contributed by atoms with Crippen molar-refractivity contribution in [3.8, 4) is 23.6 Å². The first kappa shape index (κ1) is 20.8. The smallest absolute Gasteiger partial charge is 0.271 e. The number of hydrogen-bond donors (Lipinski definition) is 1. The van der Waals surface area contributed by atoms with E-state index < -0.39 is 10.8 Å². The number of amides is 1. The molecule has 0 atom stereocenters. The van der Waals surface area contributed by atoms with E-state index in [0.717, 1.165) is 6.07 Å².